The lowest BCUT2D eigenvalue weighted by atomic mass is 10.2. The Morgan fingerprint density at radius 2 is 2.32 bits per heavy atom. The summed E-state index contributed by atoms with van der Waals surface area (Å²) < 4.78 is 0. The molecule has 0 bridgehead atoms. The molecule has 0 unspecified atom stereocenters. The van der Waals surface area contributed by atoms with E-state index in [-0.39, 0.29) is 0 Å². The summed E-state index contributed by atoms with van der Waals surface area (Å²) in [4.78, 5) is 6.48. The minimum atomic E-state index is 0.594. The second kappa shape index (κ2) is 7.88. The van der Waals surface area contributed by atoms with Crippen molar-refractivity contribution in [2.75, 3.05) is 19.6 Å². The number of hydrogen-bond donors (Lipinski definition) is 1. The third-order valence-corrected chi connectivity index (χ3v) is 3.33. The summed E-state index contributed by atoms with van der Waals surface area (Å²) in [7, 11) is 0. The third kappa shape index (κ3) is 5.82. The molecule has 4 heteroatoms. The minimum Gasteiger partial charge on any atom is -0.314 e. The zero-order valence-electron chi connectivity index (χ0n) is 11.4. The number of rotatable bonds is 9. The van der Waals surface area contributed by atoms with Gasteiger partial charge in [-0.15, -0.1) is 0 Å². The molecule has 0 amide bonds. The Kier molecular flexibility index (Phi) is 5.80. The van der Waals surface area contributed by atoms with E-state index in [1.54, 1.807) is 6.20 Å². The average Bonchev–Trinajstić information content (AvgIpc) is 3.26. The molecule has 0 radical (unpaired) electrons. The summed E-state index contributed by atoms with van der Waals surface area (Å²) in [5.41, 5.74) is 1.22. The maximum absolute atomic E-state index is 8.73. The predicted molar refractivity (Wildman–Crippen MR) is 75.4 cm³/mol. The Balaban J connectivity index is 1.72. The van der Waals surface area contributed by atoms with Gasteiger partial charge in [-0.2, -0.15) is 5.26 Å². The maximum Gasteiger partial charge on any atom is 0.0635 e. The fourth-order valence-corrected chi connectivity index (χ4v) is 2.12. The van der Waals surface area contributed by atoms with Crippen LogP contribution in [-0.4, -0.2) is 35.6 Å². The molecule has 0 aromatic carbocycles. The molecule has 0 atom stereocenters. The second-order valence-corrected chi connectivity index (χ2v) is 5.13. The van der Waals surface area contributed by atoms with Crippen LogP contribution < -0.4 is 5.32 Å². The van der Waals surface area contributed by atoms with Crippen molar-refractivity contribution in [3.63, 3.8) is 0 Å². The van der Waals surface area contributed by atoms with Crippen molar-refractivity contribution in [2.45, 2.75) is 38.3 Å². The van der Waals surface area contributed by atoms with Gasteiger partial charge >= 0.3 is 0 Å². The van der Waals surface area contributed by atoms with Gasteiger partial charge in [0.2, 0.25) is 0 Å². The zero-order chi connectivity index (χ0) is 13.3. The van der Waals surface area contributed by atoms with E-state index in [9.17, 15) is 0 Å². The van der Waals surface area contributed by atoms with Crippen LogP contribution in [0.5, 0.6) is 0 Å². The molecule has 1 heterocycles. The lowest BCUT2D eigenvalue weighted by Gasteiger charge is -2.21. The Bertz CT molecular complexity index is 394. The van der Waals surface area contributed by atoms with Crippen LogP contribution in [0.25, 0.3) is 0 Å². The minimum absolute atomic E-state index is 0.594. The van der Waals surface area contributed by atoms with E-state index >= 15 is 0 Å². The van der Waals surface area contributed by atoms with Crippen LogP contribution in [-0.2, 0) is 6.54 Å². The van der Waals surface area contributed by atoms with Crippen molar-refractivity contribution in [3.8, 4) is 6.07 Å². The summed E-state index contributed by atoms with van der Waals surface area (Å²) in [6.45, 7) is 3.85. The first kappa shape index (κ1) is 14.0. The third-order valence-electron chi connectivity index (χ3n) is 3.33. The number of hydrogen-bond acceptors (Lipinski definition) is 4. The number of pyridine rings is 1. The Morgan fingerprint density at radius 1 is 1.42 bits per heavy atom. The fourth-order valence-electron chi connectivity index (χ4n) is 2.12. The molecule has 1 fully saturated rings. The number of nitriles is 1. The van der Waals surface area contributed by atoms with Crippen LogP contribution >= 0.6 is 0 Å². The molecule has 0 saturated heterocycles. The Morgan fingerprint density at radius 3 is 3.00 bits per heavy atom. The van der Waals surface area contributed by atoms with Gasteiger partial charge in [-0.1, -0.05) is 6.07 Å². The molecule has 0 spiro atoms. The highest BCUT2D eigenvalue weighted by molar-refractivity contribution is 5.08. The molecule has 1 saturated carbocycles. The molecule has 2 rings (SSSR count). The molecule has 0 aliphatic heterocycles. The predicted octanol–water partition coefficient (Wildman–Crippen LogP) is 1.94. The van der Waals surface area contributed by atoms with E-state index in [0.717, 1.165) is 38.6 Å². The SMILES string of the molecule is N#CCCN(CCCNC1CC1)Cc1cccnc1. The van der Waals surface area contributed by atoms with Crippen LogP contribution in [0, 0.1) is 11.3 Å². The number of nitrogens with one attached hydrogen (secondary N) is 1. The molecule has 102 valence electrons. The van der Waals surface area contributed by atoms with Gasteiger partial charge in [0.05, 0.1) is 6.07 Å². The average molecular weight is 258 g/mol. The smallest absolute Gasteiger partial charge is 0.0635 e. The van der Waals surface area contributed by atoms with E-state index in [1.807, 2.05) is 12.3 Å². The van der Waals surface area contributed by atoms with E-state index in [4.69, 9.17) is 5.26 Å². The standard InChI is InChI=1S/C15H22N4/c16-7-2-10-19(11-3-9-18-15-5-6-15)13-14-4-1-8-17-12-14/h1,4,8,12,15,18H,2-3,5-6,9-11,13H2. The van der Waals surface area contributed by atoms with Crippen molar-refractivity contribution in [1.82, 2.24) is 15.2 Å². The van der Waals surface area contributed by atoms with Crippen LogP contribution in [0.4, 0.5) is 0 Å². The molecular formula is C15H22N4. The van der Waals surface area contributed by atoms with Gasteiger partial charge in [0.1, 0.15) is 0 Å². The Labute approximate surface area is 115 Å². The molecule has 1 aromatic rings. The van der Waals surface area contributed by atoms with Gasteiger partial charge in [0.15, 0.2) is 0 Å². The van der Waals surface area contributed by atoms with Crippen molar-refractivity contribution in [3.05, 3.63) is 30.1 Å². The molecule has 1 aliphatic carbocycles. The lowest BCUT2D eigenvalue weighted by Crippen LogP contribution is -2.28. The number of aromatic nitrogens is 1. The summed E-state index contributed by atoms with van der Waals surface area (Å²) in [5, 5.41) is 12.3. The van der Waals surface area contributed by atoms with E-state index < -0.39 is 0 Å². The van der Waals surface area contributed by atoms with Crippen molar-refractivity contribution < 1.29 is 0 Å². The first-order chi connectivity index (χ1) is 9.38. The van der Waals surface area contributed by atoms with Gasteiger partial charge in [-0.05, 0) is 44.0 Å². The molecular weight excluding hydrogens is 236 g/mol. The summed E-state index contributed by atoms with van der Waals surface area (Å²) >= 11 is 0. The highest BCUT2D eigenvalue weighted by Gasteiger charge is 2.19. The molecule has 1 aromatic heterocycles. The zero-order valence-corrected chi connectivity index (χ0v) is 11.4. The normalized spacial score (nSPS) is 14.5. The largest absolute Gasteiger partial charge is 0.314 e. The monoisotopic (exact) mass is 258 g/mol. The van der Waals surface area contributed by atoms with Crippen molar-refractivity contribution in [1.29, 1.82) is 5.26 Å². The molecule has 19 heavy (non-hydrogen) atoms. The first-order valence-electron chi connectivity index (χ1n) is 7.10. The van der Waals surface area contributed by atoms with Crippen LogP contribution in [0.15, 0.2) is 24.5 Å². The van der Waals surface area contributed by atoms with Crippen molar-refractivity contribution in [2.24, 2.45) is 0 Å². The highest BCUT2D eigenvalue weighted by atomic mass is 15.1. The fraction of sp³-hybridized carbons (Fsp3) is 0.600. The van der Waals surface area contributed by atoms with Gasteiger partial charge in [0, 0.05) is 37.9 Å². The van der Waals surface area contributed by atoms with Crippen LogP contribution in [0.3, 0.4) is 0 Å². The molecule has 1 aliphatic rings. The van der Waals surface area contributed by atoms with E-state index in [2.05, 4.69) is 27.3 Å². The summed E-state index contributed by atoms with van der Waals surface area (Å²) in [6, 6.07) is 7.07. The van der Waals surface area contributed by atoms with E-state index in [1.165, 1.54) is 18.4 Å². The number of nitrogens with zero attached hydrogens (tertiary/aromatic N) is 3. The van der Waals surface area contributed by atoms with Gasteiger partial charge in [0.25, 0.3) is 0 Å². The quantitative estimate of drug-likeness (QED) is 0.688. The van der Waals surface area contributed by atoms with E-state index in [0.29, 0.717) is 6.42 Å². The second-order valence-electron chi connectivity index (χ2n) is 5.13. The summed E-state index contributed by atoms with van der Waals surface area (Å²) in [5.74, 6) is 0. The first-order valence-corrected chi connectivity index (χ1v) is 7.10. The topological polar surface area (TPSA) is 52.0 Å². The molecule has 1 N–H and O–H groups in total. The van der Waals surface area contributed by atoms with Crippen LogP contribution in [0.2, 0.25) is 0 Å². The Hall–Kier alpha value is -1.44. The van der Waals surface area contributed by atoms with Crippen LogP contribution in [0.1, 0.15) is 31.2 Å². The molecule has 4 nitrogen and oxygen atoms in total. The maximum atomic E-state index is 8.73. The van der Waals surface area contributed by atoms with Crippen molar-refractivity contribution >= 4 is 0 Å². The highest BCUT2D eigenvalue weighted by Crippen LogP contribution is 2.18. The van der Waals surface area contributed by atoms with Gasteiger partial charge in [-0.25, -0.2) is 0 Å². The summed E-state index contributed by atoms with van der Waals surface area (Å²) in [6.07, 6.45) is 8.12. The van der Waals surface area contributed by atoms with Gasteiger partial charge < -0.3 is 5.32 Å². The lowest BCUT2D eigenvalue weighted by molar-refractivity contribution is 0.266. The van der Waals surface area contributed by atoms with Gasteiger partial charge in [-0.3, -0.25) is 9.88 Å².